The lowest BCUT2D eigenvalue weighted by Gasteiger charge is -2.14. The van der Waals surface area contributed by atoms with Crippen LogP contribution in [0.4, 0.5) is 0 Å². The van der Waals surface area contributed by atoms with Gasteiger partial charge in [-0.2, -0.15) is 0 Å². The molecule has 0 saturated carbocycles. The minimum Gasteiger partial charge on any atom is -0.365 e. The quantitative estimate of drug-likeness (QED) is 0.491. The van der Waals surface area contributed by atoms with Crippen molar-refractivity contribution in [3.63, 3.8) is 0 Å². The summed E-state index contributed by atoms with van der Waals surface area (Å²) in [5.41, 5.74) is 0. The van der Waals surface area contributed by atoms with Gasteiger partial charge in [0.2, 0.25) is 11.8 Å². The lowest BCUT2D eigenvalue weighted by atomic mass is 9.85. The van der Waals surface area contributed by atoms with Crippen LogP contribution < -0.4 is 0 Å². The monoisotopic (exact) mass is 223 g/mol. The number of imide groups is 1. The fraction of sp³-hybridized carbons (Fsp3) is 0.667. The van der Waals surface area contributed by atoms with E-state index in [0.717, 1.165) is 0 Å². The zero-order chi connectivity index (χ0) is 11.9. The van der Waals surface area contributed by atoms with Crippen LogP contribution in [0.3, 0.4) is 0 Å². The highest BCUT2D eigenvalue weighted by atomic mass is 16.5. The number of hydrogen-bond acceptors (Lipinski definition) is 3. The van der Waals surface area contributed by atoms with Gasteiger partial charge in [-0.25, -0.2) is 0 Å². The van der Waals surface area contributed by atoms with Crippen molar-refractivity contribution in [3.05, 3.63) is 12.2 Å². The standard InChI is InChI=1S/C10H11NO3.C2H6/c1-2-11-9(12)7-5-3-4-6(14-5)8(7)10(11)13;1-2/h3-8H,2H2,1H3;1-2H3. The molecule has 2 bridgehead atoms. The average molecular weight is 223 g/mol. The summed E-state index contributed by atoms with van der Waals surface area (Å²) in [6, 6.07) is 0. The molecule has 4 atom stereocenters. The molecule has 16 heavy (non-hydrogen) atoms. The maximum absolute atomic E-state index is 11.8. The highest BCUT2D eigenvalue weighted by molar-refractivity contribution is 6.06. The van der Waals surface area contributed by atoms with Crippen LogP contribution in [0.15, 0.2) is 12.2 Å². The lowest BCUT2D eigenvalue weighted by Crippen LogP contribution is -2.34. The van der Waals surface area contributed by atoms with Gasteiger partial charge in [-0.15, -0.1) is 0 Å². The van der Waals surface area contributed by atoms with Crippen LogP contribution in [-0.2, 0) is 14.3 Å². The molecule has 2 amide bonds. The fourth-order valence-corrected chi connectivity index (χ4v) is 2.68. The van der Waals surface area contributed by atoms with Crippen LogP contribution in [0.25, 0.3) is 0 Å². The number of amides is 2. The molecule has 0 spiro atoms. The third kappa shape index (κ3) is 1.26. The van der Waals surface area contributed by atoms with Crippen LogP contribution >= 0.6 is 0 Å². The molecular weight excluding hydrogens is 206 g/mol. The van der Waals surface area contributed by atoms with Crippen molar-refractivity contribution in [1.29, 1.82) is 0 Å². The Morgan fingerprint density at radius 3 is 1.94 bits per heavy atom. The predicted molar refractivity (Wildman–Crippen MR) is 58.5 cm³/mol. The minimum absolute atomic E-state index is 0.0562. The molecule has 2 fully saturated rings. The van der Waals surface area contributed by atoms with Crippen molar-refractivity contribution in [2.75, 3.05) is 6.54 Å². The highest BCUT2D eigenvalue weighted by Crippen LogP contribution is 2.44. The maximum atomic E-state index is 11.8. The molecular formula is C12H17NO3. The summed E-state index contributed by atoms with van der Waals surface area (Å²) in [7, 11) is 0. The Morgan fingerprint density at radius 2 is 1.56 bits per heavy atom. The molecule has 3 aliphatic heterocycles. The summed E-state index contributed by atoms with van der Waals surface area (Å²) in [4.78, 5) is 25.0. The molecule has 0 aromatic heterocycles. The summed E-state index contributed by atoms with van der Waals surface area (Å²) in [6.07, 6.45) is 3.49. The first-order chi connectivity index (χ1) is 7.74. The molecule has 2 saturated heterocycles. The van der Waals surface area contributed by atoms with Crippen LogP contribution in [0.1, 0.15) is 20.8 Å². The van der Waals surface area contributed by atoms with Gasteiger partial charge in [-0.3, -0.25) is 14.5 Å². The Kier molecular flexibility index (Phi) is 2.84. The molecule has 3 aliphatic rings. The first-order valence-corrected chi connectivity index (χ1v) is 5.93. The maximum Gasteiger partial charge on any atom is 0.236 e. The van der Waals surface area contributed by atoms with Gasteiger partial charge in [-0.1, -0.05) is 26.0 Å². The van der Waals surface area contributed by atoms with Gasteiger partial charge in [0, 0.05) is 6.54 Å². The fourth-order valence-electron chi connectivity index (χ4n) is 2.68. The number of ether oxygens (including phenoxy) is 1. The van der Waals surface area contributed by atoms with E-state index in [2.05, 4.69) is 0 Å². The van der Waals surface area contributed by atoms with E-state index in [1.807, 2.05) is 32.9 Å². The van der Waals surface area contributed by atoms with Crippen molar-refractivity contribution in [2.24, 2.45) is 11.8 Å². The molecule has 0 N–H and O–H groups in total. The second-order valence-electron chi connectivity index (χ2n) is 3.92. The topological polar surface area (TPSA) is 46.6 Å². The first kappa shape index (κ1) is 11.3. The molecule has 0 aromatic carbocycles. The lowest BCUT2D eigenvalue weighted by molar-refractivity contribution is -0.142. The van der Waals surface area contributed by atoms with Crippen molar-refractivity contribution in [2.45, 2.75) is 33.0 Å². The highest BCUT2D eigenvalue weighted by Gasteiger charge is 2.60. The Balaban J connectivity index is 0.000000457. The first-order valence-electron chi connectivity index (χ1n) is 5.93. The van der Waals surface area contributed by atoms with Gasteiger partial charge in [0.25, 0.3) is 0 Å². The SMILES string of the molecule is CC.CCN1C(=O)C2C3C=CC(O3)C2C1=O. The number of fused-ring (bicyclic) bond motifs is 5. The summed E-state index contributed by atoms with van der Waals surface area (Å²) in [5, 5.41) is 0. The van der Waals surface area contributed by atoms with E-state index in [1.54, 1.807) is 0 Å². The van der Waals surface area contributed by atoms with Gasteiger partial charge in [0.05, 0.1) is 24.0 Å². The van der Waals surface area contributed by atoms with E-state index in [1.165, 1.54) is 4.90 Å². The van der Waals surface area contributed by atoms with Crippen molar-refractivity contribution in [1.82, 2.24) is 4.90 Å². The van der Waals surface area contributed by atoms with Gasteiger partial charge >= 0.3 is 0 Å². The second kappa shape index (κ2) is 4.01. The molecule has 4 unspecified atom stereocenters. The van der Waals surface area contributed by atoms with Gasteiger partial charge in [0.1, 0.15) is 0 Å². The smallest absolute Gasteiger partial charge is 0.236 e. The van der Waals surface area contributed by atoms with E-state index >= 15 is 0 Å². The third-order valence-electron chi connectivity index (χ3n) is 3.32. The number of carbonyl (C=O) groups is 2. The predicted octanol–water partition coefficient (Wildman–Crippen LogP) is 0.971. The van der Waals surface area contributed by atoms with E-state index in [-0.39, 0.29) is 35.9 Å². The summed E-state index contributed by atoms with van der Waals surface area (Å²) in [5.74, 6) is -0.589. The zero-order valence-electron chi connectivity index (χ0n) is 9.84. The third-order valence-corrected chi connectivity index (χ3v) is 3.32. The number of likely N-dealkylation sites (tertiary alicyclic amines) is 1. The average Bonchev–Trinajstić information content (AvgIpc) is 2.96. The van der Waals surface area contributed by atoms with Gasteiger partial charge in [-0.05, 0) is 6.92 Å². The van der Waals surface area contributed by atoms with E-state index in [0.29, 0.717) is 6.54 Å². The molecule has 3 heterocycles. The Labute approximate surface area is 95.2 Å². The second-order valence-corrected chi connectivity index (χ2v) is 3.92. The molecule has 4 heteroatoms. The number of carbonyl (C=O) groups excluding carboxylic acids is 2. The molecule has 88 valence electrons. The number of hydrogen-bond donors (Lipinski definition) is 0. The summed E-state index contributed by atoms with van der Waals surface area (Å²) >= 11 is 0. The number of nitrogens with zero attached hydrogens (tertiary/aromatic N) is 1. The van der Waals surface area contributed by atoms with E-state index in [4.69, 9.17) is 4.74 Å². The van der Waals surface area contributed by atoms with Gasteiger partial charge in [0.15, 0.2) is 0 Å². The summed E-state index contributed by atoms with van der Waals surface area (Å²) in [6.45, 7) is 6.30. The Morgan fingerprint density at radius 1 is 1.12 bits per heavy atom. The zero-order valence-corrected chi connectivity index (χ0v) is 9.84. The molecule has 0 aromatic rings. The normalized spacial score (nSPS) is 38.8. The largest absolute Gasteiger partial charge is 0.365 e. The van der Waals surface area contributed by atoms with Gasteiger partial charge < -0.3 is 4.74 Å². The Hall–Kier alpha value is -1.16. The van der Waals surface area contributed by atoms with E-state index in [9.17, 15) is 9.59 Å². The minimum atomic E-state index is -0.238. The van der Waals surface area contributed by atoms with Crippen molar-refractivity contribution >= 4 is 11.8 Å². The number of rotatable bonds is 1. The Bertz CT molecular complexity index is 320. The van der Waals surface area contributed by atoms with Crippen molar-refractivity contribution in [3.8, 4) is 0 Å². The van der Waals surface area contributed by atoms with Crippen LogP contribution in [-0.4, -0.2) is 35.5 Å². The van der Waals surface area contributed by atoms with Crippen LogP contribution in [0.5, 0.6) is 0 Å². The molecule has 4 nitrogen and oxygen atoms in total. The van der Waals surface area contributed by atoms with Crippen LogP contribution in [0, 0.1) is 11.8 Å². The summed E-state index contributed by atoms with van der Waals surface area (Å²) < 4.78 is 5.49. The van der Waals surface area contributed by atoms with Crippen LogP contribution in [0.2, 0.25) is 0 Å². The molecule has 0 aliphatic carbocycles. The van der Waals surface area contributed by atoms with Crippen molar-refractivity contribution < 1.29 is 14.3 Å². The molecule has 0 radical (unpaired) electrons. The molecule has 3 rings (SSSR count). The van der Waals surface area contributed by atoms with E-state index < -0.39 is 0 Å².